The van der Waals surface area contributed by atoms with Gasteiger partial charge in [0.05, 0.1) is 16.8 Å². The number of halogens is 1. The fraction of sp³-hybridized carbons (Fsp3) is 0.200. The molecule has 0 fully saturated rings. The maximum Gasteiger partial charge on any atom is 0.246 e. The summed E-state index contributed by atoms with van der Waals surface area (Å²) in [5.74, 6) is -0.0967. The molecular weight excluding hydrogens is 260 g/mol. The molecule has 1 aromatic rings. The second-order valence-electron chi connectivity index (χ2n) is 4.51. The average Bonchev–Trinajstić information content (AvgIpc) is 2.58. The van der Waals surface area contributed by atoms with E-state index in [4.69, 9.17) is 11.6 Å². The summed E-state index contributed by atoms with van der Waals surface area (Å²) >= 11 is 6.37. The number of fused-ring (bicyclic) bond motifs is 1. The van der Waals surface area contributed by atoms with Crippen molar-refractivity contribution in [2.75, 3.05) is 11.9 Å². The Hall–Kier alpha value is -1.87. The predicted octanol–water partition coefficient (Wildman–Crippen LogP) is 2.92. The number of nitrogens with zero attached hydrogens (tertiary/aromatic N) is 1. The number of carbonyl (C=O) groups excluding carboxylic acids is 1. The quantitative estimate of drug-likeness (QED) is 0.785. The van der Waals surface area contributed by atoms with Gasteiger partial charge in [-0.2, -0.15) is 0 Å². The van der Waals surface area contributed by atoms with Gasteiger partial charge in [-0.25, -0.2) is 0 Å². The van der Waals surface area contributed by atoms with Crippen LogP contribution >= 0.6 is 11.6 Å². The molecule has 3 rings (SSSR count). The highest BCUT2D eigenvalue weighted by molar-refractivity contribution is 6.30. The number of hydrogen-bond donors (Lipinski definition) is 1. The topological polar surface area (TPSA) is 41.5 Å². The number of amides is 1. The van der Waals surface area contributed by atoms with Crippen molar-refractivity contribution in [3.63, 3.8) is 0 Å². The number of alkyl halides is 1. The first kappa shape index (κ1) is 12.2. The first-order valence-corrected chi connectivity index (χ1v) is 6.64. The fourth-order valence-electron chi connectivity index (χ4n) is 2.30. The number of para-hydroxylation sites is 1. The monoisotopic (exact) mass is 272 g/mol. The predicted molar refractivity (Wildman–Crippen MR) is 78.0 cm³/mol. The van der Waals surface area contributed by atoms with E-state index >= 15 is 0 Å². The Labute approximate surface area is 116 Å². The van der Waals surface area contributed by atoms with Gasteiger partial charge < -0.3 is 5.32 Å². The summed E-state index contributed by atoms with van der Waals surface area (Å²) in [7, 11) is 0. The van der Waals surface area contributed by atoms with E-state index < -0.39 is 0 Å². The molecule has 0 saturated carbocycles. The number of allylic oxidation sites excluding steroid dienone is 4. The van der Waals surface area contributed by atoms with Gasteiger partial charge in [0.25, 0.3) is 0 Å². The van der Waals surface area contributed by atoms with Crippen molar-refractivity contribution in [3.05, 3.63) is 53.6 Å². The molecule has 3 nitrogen and oxygen atoms in total. The molecule has 0 spiro atoms. The first-order valence-electron chi connectivity index (χ1n) is 6.20. The normalized spacial score (nSPS) is 21.9. The highest BCUT2D eigenvalue weighted by atomic mass is 35.5. The molecule has 19 heavy (non-hydrogen) atoms. The van der Waals surface area contributed by atoms with E-state index in [1.807, 2.05) is 42.5 Å². The van der Waals surface area contributed by atoms with E-state index in [-0.39, 0.29) is 17.8 Å². The van der Waals surface area contributed by atoms with Gasteiger partial charge in [-0.1, -0.05) is 36.4 Å². The van der Waals surface area contributed by atoms with Crippen molar-refractivity contribution in [2.24, 2.45) is 4.99 Å². The largest absolute Gasteiger partial charge is 0.324 e. The fourth-order valence-corrected chi connectivity index (χ4v) is 2.58. The maximum absolute atomic E-state index is 11.7. The number of nitrogens with one attached hydrogen (secondary N) is 1. The van der Waals surface area contributed by atoms with Crippen LogP contribution in [0.4, 0.5) is 5.69 Å². The van der Waals surface area contributed by atoms with Crippen LogP contribution in [-0.2, 0) is 4.79 Å². The molecule has 4 heteroatoms. The molecule has 0 bridgehead atoms. The summed E-state index contributed by atoms with van der Waals surface area (Å²) in [5, 5.41) is 2.77. The summed E-state index contributed by atoms with van der Waals surface area (Å²) in [6.45, 7) is 0.134. The standard InChI is InChI=1S/C15H13ClN2O/c16-12-7-3-1-5-10(12)15-11-6-2-4-8-13(11)18-14(19)9-17-15/h1-6,8,12H,7,9H2,(H,18,19). The van der Waals surface area contributed by atoms with Crippen LogP contribution < -0.4 is 5.32 Å². The third-order valence-electron chi connectivity index (χ3n) is 3.20. The Morgan fingerprint density at radius 2 is 2.16 bits per heavy atom. The number of benzene rings is 1. The Kier molecular flexibility index (Phi) is 3.22. The van der Waals surface area contributed by atoms with Gasteiger partial charge >= 0.3 is 0 Å². The van der Waals surface area contributed by atoms with E-state index in [0.29, 0.717) is 0 Å². The molecule has 1 N–H and O–H groups in total. The molecule has 1 aliphatic heterocycles. The number of anilines is 1. The molecule has 1 unspecified atom stereocenters. The third-order valence-corrected chi connectivity index (χ3v) is 3.62. The van der Waals surface area contributed by atoms with Crippen LogP contribution in [0.3, 0.4) is 0 Å². The van der Waals surface area contributed by atoms with Gasteiger partial charge in [-0.15, -0.1) is 11.6 Å². The van der Waals surface area contributed by atoms with Crippen LogP contribution in [0.5, 0.6) is 0 Å². The summed E-state index contributed by atoms with van der Waals surface area (Å²) in [4.78, 5) is 16.1. The van der Waals surface area contributed by atoms with Gasteiger partial charge in [0.15, 0.2) is 0 Å². The Bertz CT molecular complexity index is 616. The summed E-state index contributed by atoms with van der Waals surface area (Å²) < 4.78 is 0. The molecule has 1 aliphatic carbocycles. The van der Waals surface area contributed by atoms with Crippen LogP contribution in [-0.4, -0.2) is 23.5 Å². The zero-order chi connectivity index (χ0) is 13.2. The minimum Gasteiger partial charge on any atom is -0.324 e. The molecule has 0 aromatic heterocycles. The molecule has 0 saturated heterocycles. The van der Waals surface area contributed by atoms with Crippen LogP contribution in [0.15, 0.2) is 53.1 Å². The smallest absolute Gasteiger partial charge is 0.246 e. The highest BCUT2D eigenvalue weighted by Gasteiger charge is 2.23. The van der Waals surface area contributed by atoms with E-state index in [1.165, 1.54) is 0 Å². The zero-order valence-corrected chi connectivity index (χ0v) is 11.0. The van der Waals surface area contributed by atoms with Gasteiger partial charge in [-0.05, 0) is 18.1 Å². The lowest BCUT2D eigenvalue weighted by atomic mass is 9.94. The Morgan fingerprint density at radius 3 is 3.00 bits per heavy atom. The second-order valence-corrected chi connectivity index (χ2v) is 5.04. The number of carbonyl (C=O) groups is 1. The van der Waals surface area contributed by atoms with Crippen molar-refractivity contribution >= 4 is 28.9 Å². The number of benzodiazepines with no additional fused rings is 1. The van der Waals surface area contributed by atoms with E-state index in [1.54, 1.807) is 0 Å². The van der Waals surface area contributed by atoms with Crippen LogP contribution in [0.1, 0.15) is 12.0 Å². The van der Waals surface area contributed by atoms with Crippen molar-refractivity contribution in [3.8, 4) is 0 Å². The second kappa shape index (κ2) is 5.02. The Balaban J connectivity index is 2.12. The maximum atomic E-state index is 11.7. The highest BCUT2D eigenvalue weighted by Crippen LogP contribution is 2.28. The lowest BCUT2D eigenvalue weighted by Gasteiger charge is -2.18. The molecule has 1 atom stereocenters. The minimum atomic E-state index is -0.0967. The van der Waals surface area contributed by atoms with Gasteiger partial charge in [0.1, 0.15) is 6.54 Å². The summed E-state index contributed by atoms with van der Waals surface area (Å²) in [6, 6.07) is 7.68. The van der Waals surface area contributed by atoms with Gasteiger partial charge in [-0.3, -0.25) is 9.79 Å². The van der Waals surface area contributed by atoms with Gasteiger partial charge in [0.2, 0.25) is 5.91 Å². The number of hydrogen-bond acceptors (Lipinski definition) is 2. The minimum absolute atomic E-state index is 0.0926. The lowest BCUT2D eigenvalue weighted by Crippen LogP contribution is -2.16. The van der Waals surface area contributed by atoms with Crippen LogP contribution in [0.2, 0.25) is 0 Å². The van der Waals surface area contributed by atoms with Crippen molar-refractivity contribution < 1.29 is 4.79 Å². The number of aliphatic imine (C=N–C) groups is 1. The summed E-state index contributed by atoms with van der Waals surface area (Å²) in [6.07, 6.45) is 6.79. The van der Waals surface area contributed by atoms with Crippen molar-refractivity contribution in [2.45, 2.75) is 11.8 Å². The van der Waals surface area contributed by atoms with Gasteiger partial charge in [0, 0.05) is 5.56 Å². The van der Waals surface area contributed by atoms with Crippen LogP contribution in [0, 0.1) is 0 Å². The molecule has 1 amide bonds. The van der Waals surface area contributed by atoms with E-state index in [0.717, 1.165) is 29.0 Å². The molecule has 96 valence electrons. The molecule has 1 heterocycles. The Morgan fingerprint density at radius 1 is 1.32 bits per heavy atom. The van der Waals surface area contributed by atoms with Crippen LogP contribution in [0.25, 0.3) is 0 Å². The average molecular weight is 273 g/mol. The summed E-state index contributed by atoms with van der Waals surface area (Å²) in [5.41, 5.74) is 3.52. The molecule has 0 radical (unpaired) electrons. The molecule has 1 aromatic carbocycles. The van der Waals surface area contributed by atoms with Crippen molar-refractivity contribution in [1.29, 1.82) is 0 Å². The molecule has 2 aliphatic rings. The first-order chi connectivity index (χ1) is 9.25. The SMILES string of the molecule is O=C1CN=C(C2=CC=CCC2Cl)c2ccccc2N1. The lowest BCUT2D eigenvalue weighted by molar-refractivity contribution is -0.114. The zero-order valence-electron chi connectivity index (χ0n) is 10.3. The van der Waals surface area contributed by atoms with E-state index in [2.05, 4.69) is 10.3 Å². The molecular formula is C15H13ClN2O. The van der Waals surface area contributed by atoms with Crippen molar-refractivity contribution in [1.82, 2.24) is 0 Å². The third kappa shape index (κ3) is 2.34. The number of rotatable bonds is 1. The van der Waals surface area contributed by atoms with E-state index in [9.17, 15) is 4.79 Å².